The minimum atomic E-state index is 0.454. The Kier molecular flexibility index (Phi) is 3.30. The number of rotatable bonds is 3. The summed E-state index contributed by atoms with van der Waals surface area (Å²) in [5.74, 6) is 0.454. The van der Waals surface area contributed by atoms with E-state index >= 15 is 0 Å². The van der Waals surface area contributed by atoms with Crippen LogP contribution in [0.1, 0.15) is 41.3 Å². The van der Waals surface area contributed by atoms with Gasteiger partial charge in [0, 0.05) is 12.1 Å². The molecule has 0 saturated carbocycles. The third kappa shape index (κ3) is 2.01. The van der Waals surface area contributed by atoms with E-state index in [1.807, 2.05) is 6.92 Å². The number of aldehydes is 1. The summed E-state index contributed by atoms with van der Waals surface area (Å²) in [6, 6.07) is 6.39. The molecule has 1 aromatic carbocycles. The molecule has 4 heteroatoms. The van der Waals surface area contributed by atoms with Crippen LogP contribution < -0.4 is 5.73 Å². The van der Waals surface area contributed by atoms with Crippen LogP contribution in [0.2, 0.25) is 0 Å². The molecule has 20 heavy (non-hydrogen) atoms. The first kappa shape index (κ1) is 12.9. The number of aryl methyl sites for hydroxylation is 3. The van der Waals surface area contributed by atoms with Gasteiger partial charge in [0.1, 0.15) is 11.5 Å². The fraction of sp³-hybridized carbons (Fsp3) is 0.375. The van der Waals surface area contributed by atoms with Crippen molar-refractivity contribution in [2.24, 2.45) is 0 Å². The highest BCUT2D eigenvalue weighted by atomic mass is 16.1. The molecule has 0 amide bonds. The van der Waals surface area contributed by atoms with E-state index < -0.39 is 0 Å². The zero-order valence-electron chi connectivity index (χ0n) is 11.7. The minimum Gasteiger partial charge on any atom is -0.383 e. The molecule has 104 valence electrons. The summed E-state index contributed by atoms with van der Waals surface area (Å²) in [5.41, 5.74) is 11.0. The lowest BCUT2D eigenvalue weighted by molar-refractivity contribution is 0.112. The fourth-order valence-electron chi connectivity index (χ4n) is 2.94. The molecule has 0 radical (unpaired) electrons. The number of nitrogens with zero attached hydrogens (tertiary/aromatic N) is 2. The van der Waals surface area contributed by atoms with Gasteiger partial charge in [-0.1, -0.05) is 12.1 Å². The maximum Gasteiger partial charge on any atom is 0.156 e. The van der Waals surface area contributed by atoms with Gasteiger partial charge in [-0.05, 0) is 49.8 Å². The number of aromatic nitrogens is 2. The smallest absolute Gasteiger partial charge is 0.156 e. The Bertz CT molecular complexity index is 658. The number of nitrogens with two attached hydrogens (primary N) is 1. The summed E-state index contributed by atoms with van der Waals surface area (Å²) in [5, 5.41) is 4.48. The highest BCUT2D eigenvalue weighted by Gasteiger charge is 2.17. The molecule has 1 aliphatic rings. The Labute approximate surface area is 118 Å². The van der Waals surface area contributed by atoms with Crippen LogP contribution >= 0.6 is 0 Å². The Morgan fingerprint density at radius 2 is 2.05 bits per heavy atom. The highest BCUT2D eigenvalue weighted by molar-refractivity contribution is 5.91. The van der Waals surface area contributed by atoms with Crippen molar-refractivity contribution in [2.45, 2.75) is 39.2 Å². The molecule has 1 aliphatic carbocycles. The van der Waals surface area contributed by atoms with Crippen molar-refractivity contribution in [3.63, 3.8) is 0 Å². The van der Waals surface area contributed by atoms with Gasteiger partial charge in [-0.2, -0.15) is 5.10 Å². The van der Waals surface area contributed by atoms with Crippen molar-refractivity contribution in [3.8, 4) is 11.3 Å². The first-order valence-electron chi connectivity index (χ1n) is 7.18. The highest BCUT2D eigenvalue weighted by Crippen LogP contribution is 2.30. The monoisotopic (exact) mass is 269 g/mol. The lowest BCUT2D eigenvalue weighted by Crippen LogP contribution is -2.03. The van der Waals surface area contributed by atoms with E-state index in [0.29, 0.717) is 23.6 Å². The van der Waals surface area contributed by atoms with E-state index in [4.69, 9.17) is 5.73 Å². The second kappa shape index (κ2) is 5.12. The number of carbonyl (C=O) groups excluding carboxylic acids is 1. The van der Waals surface area contributed by atoms with E-state index in [0.717, 1.165) is 24.7 Å². The molecule has 0 atom stereocenters. The summed E-state index contributed by atoms with van der Waals surface area (Å²) in [6.45, 7) is 2.63. The zero-order valence-corrected chi connectivity index (χ0v) is 11.7. The summed E-state index contributed by atoms with van der Waals surface area (Å²) in [4.78, 5) is 11.3. The zero-order chi connectivity index (χ0) is 14.1. The van der Waals surface area contributed by atoms with Gasteiger partial charge in [0.25, 0.3) is 0 Å². The minimum absolute atomic E-state index is 0.454. The van der Waals surface area contributed by atoms with Crippen molar-refractivity contribution >= 4 is 12.1 Å². The van der Waals surface area contributed by atoms with E-state index in [9.17, 15) is 4.79 Å². The summed E-state index contributed by atoms with van der Waals surface area (Å²) < 4.78 is 1.68. The van der Waals surface area contributed by atoms with Crippen LogP contribution in [0.15, 0.2) is 18.2 Å². The number of benzene rings is 1. The van der Waals surface area contributed by atoms with E-state index in [-0.39, 0.29) is 0 Å². The maximum atomic E-state index is 11.3. The van der Waals surface area contributed by atoms with Crippen molar-refractivity contribution in [2.75, 3.05) is 5.73 Å². The van der Waals surface area contributed by atoms with Gasteiger partial charge in [-0.25, -0.2) is 4.68 Å². The second-order valence-corrected chi connectivity index (χ2v) is 5.27. The van der Waals surface area contributed by atoms with Crippen LogP contribution in [0.25, 0.3) is 11.3 Å². The van der Waals surface area contributed by atoms with Crippen molar-refractivity contribution in [1.29, 1.82) is 0 Å². The summed E-state index contributed by atoms with van der Waals surface area (Å²) in [7, 11) is 0. The molecule has 1 heterocycles. The van der Waals surface area contributed by atoms with Crippen LogP contribution in [0.4, 0.5) is 5.82 Å². The molecule has 2 N–H and O–H groups in total. The number of anilines is 1. The van der Waals surface area contributed by atoms with Crippen molar-refractivity contribution in [3.05, 3.63) is 34.9 Å². The third-order valence-electron chi connectivity index (χ3n) is 4.07. The molecule has 0 bridgehead atoms. The molecule has 3 rings (SSSR count). The normalized spacial score (nSPS) is 14.1. The second-order valence-electron chi connectivity index (χ2n) is 5.27. The molecule has 0 unspecified atom stereocenters. The number of hydrogen-bond donors (Lipinski definition) is 1. The fourth-order valence-corrected chi connectivity index (χ4v) is 2.94. The van der Waals surface area contributed by atoms with E-state index in [1.165, 1.54) is 24.0 Å². The molecule has 4 nitrogen and oxygen atoms in total. The van der Waals surface area contributed by atoms with Gasteiger partial charge < -0.3 is 5.73 Å². The molecule has 0 fully saturated rings. The summed E-state index contributed by atoms with van der Waals surface area (Å²) in [6.07, 6.45) is 5.58. The van der Waals surface area contributed by atoms with Gasteiger partial charge in [0.05, 0.1) is 5.56 Å². The van der Waals surface area contributed by atoms with E-state index in [2.05, 4.69) is 23.3 Å². The van der Waals surface area contributed by atoms with Crippen LogP contribution in [0, 0.1) is 0 Å². The van der Waals surface area contributed by atoms with Crippen molar-refractivity contribution in [1.82, 2.24) is 9.78 Å². The largest absolute Gasteiger partial charge is 0.383 e. The Hall–Kier alpha value is -2.10. The topological polar surface area (TPSA) is 60.9 Å². The number of nitrogen functional groups attached to an aromatic ring is 1. The van der Waals surface area contributed by atoms with Gasteiger partial charge in [-0.3, -0.25) is 4.79 Å². The predicted octanol–water partition coefficient (Wildman–Crippen LogP) is 2.84. The molecule has 0 saturated heterocycles. The standard InChI is InChI=1S/C16H19N3O/c1-2-19-16(17)14(10-20)15(18-19)13-8-7-11-5-3-4-6-12(11)9-13/h7-10H,2-6,17H2,1H3. The quantitative estimate of drug-likeness (QED) is 0.871. The van der Waals surface area contributed by atoms with E-state index in [1.54, 1.807) is 4.68 Å². The van der Waals surface area contributed by atoms with Crippen molar-refractivity contribution < 1.29 is 4.79 Å². The maximum absolute atomic E-state index is 11.3. The average Bonchev–Trinajstić information content (AvgIpc) is 2.82. The summed E-state index contributed by atoms with van der Waals surface area (Å²) >= 11 is 0. The Balaban J connectivity index is 2.11. The first-order valence-corrected chi connectivity index (χ1v) is 7.18. The molecule has 0 spiro atoms. The van der Waals surface area contributed by atoms with Crippen LogP contribution in [0.5, 0.6) is 0 Å². The van der Waals surface area contributed by atoms with Crippen LogP contribution in [-0.2, 0) is 19.4 Å². The van der Waals surface area contributed by atoms with Gasteiger partial charge in [0.15, 0.2) is 6.29 Å². The Morgan fingerprint density at radius 1 is 1.30 bits per heavy atom. The van der Waals surface area contributed by atoms with Crippen LogP contribution in [-0.4, -0.2) is 16.1 Å². The molecule has 2 aromatic rings. The van der Waals surface area contributed by atoms with Gasteiger partial charge in [-0.15, -0.1) is 0 Å². The number of hydrogen-bond acceptors (Lipinski definition) is 3. The lowest BCUT2D eigenvalue weighted by atomic mass is 9.89. The molecule has 0 aliphatic heterocycles. The first-order chi connectivity index (χ1) is 9.74. The molecular formula is C16H19N3O. The van der Waals surface area contributed by atoms with Crippen LogP contribution in [0.3, 0.4) is 0 Å². The van der Waals surface area contributed by atoms with Gasteiger partial charge in [0.2, 0.25) is 0 Å². The average molecular weight is 269 g/mol. The third-order valence-corrected chi connectivity index (χ3v) is 4.07. The molecular weight excluding hydrogens is 250 g/mol. The Morgan fingerprint density at radius 3 is 2.75 bits per heavy atom. The van der Waals surface area contributed by atoms with Gasteiger partial charge >= 0.3 is 0 Å². The SMILES string of the molecule is CCn1nc(-c2ccc3c(c2)CCCC3)c(C=O)c1N. The predicted molar refractivity (Wildman–Crippen MR) is 79.8 cm³/mol. The lowest BCUT2D eigenvalue weighted by Gasteiger charge is -2.16. The number of carbonyl (C=O) groups is 1. The number of fused-ring (bicyclic) bond motifs is 1. The molecule has 1 aromatic heterocycles.